The summed E-state index contributed by atoms with van der Waals surface area (Å²) >= 11 is 1.42. The number of aryl methyl sites for hydroxylation is 5. The second kappa shape index (κ2) is 47.4. The van der Waals surface area contributed by atoms with Crippen molar-refractivity contribution in [2.75, 3.05) is 61.4 Å². The molecule has 3 aliphatic carbocycles. The Hall–Kier alpha value is -15.9. The van der Waals surface area contributed by atoms with E-state index >= 15 is 4.39 Å². The number of nitrogens with zero attached hydrogens (tertiary/aromatic N) is 8. The van der Waals surface area contributed by atoms with Gasteiger partial charge in [-0.1, -0.05) is 136 Å². The Kier molecular flexibility index (Phi) is 33.2. The first-order chi connectivity index (χ1) is 69.5. The fraction of sp³-hybridized carbons (Fsp3) is 0.281. The highest BCUT2D eigenvalue weighted by Gasteiger charge is 2.30. The van der Waals surface area contributed by atoms with Gasteiger partial charge in [0.2, 0.25) is 0 Å². The van der Waals surface area contributed by atoms with E-state index in [1.807, 2.05) is 250 Å². The predicted octanol–water partition coefficient (Wildman–Crippen LogP) is 23.7. The minimum Gasteiger partial charge on any atom is -0.494 e. The number of pyridine rings is 4. The summed E-state index contributed by atoms with van der Waals surface area (Å²) in [6, 6.07) is 67.7. The summed E-state index contributed by atoms with van der Waals surface area (Å²) in [5, 5.41) is 25.5. The quantitative estimate of drug-likeness (QED) is 0.0171. The number of carbonyl (C=O) groups is 3. The topological polar surface area (TPSA) is 349 Å². The molecular weight excluding hydrogens is 1820 g/mol. The van der Waals surface area contributed by atoms with E-state index in [1.165, 1.54) is 54.1 Å². The molecule has 0 radical (unpaired) electrons. The number of aromatic nitrogens is 12. The number of hydrogen-bond donors (Lipinski definition) is 8. The summed E-state index contributed by atoms with van der Waals surface area (Å²) in [5.41, 5.74) is 15.9. The van der Waals surface area contributed by atoms with Gasteiger partial charge in [0.15, 0.2) is 11.0 Å². The molecular formula is C114H119FN16O11S. The molecule has 0 unspecified atom stereocenters. The van der Waals surface area contributed by atoms with Crippen LogP contribution < -0.4 is 62.0 Å². The first kappa shape index (κ1) is 100. The van der Waals surface area contributed by atoms with Gasteiger partial charge in [-0.3, -0.25) is 48.0 Å². The van der Waals surface area contributed by atoms with E-state index in [1.54, 1.807) is 18.3 Å². The van der Waals surface area contributed by atoms with Crippen molar-refractivity contribution in [3.63, 3.8) is 0 Å². The summed E-state index contributed by atoms with van der Waals surface area (Å²) in [6.45, 7) is 17.8. The van der Waals surface area contributed by atoms with Crippen molar-refractivity contribution in [1.82, 2.24) is 59.7 Å². The number of halogens is 1. The zero-order chi connectivity index (χ0) is 100.0. The van der Waals surface area contributed by atoms with E-state index in [0.29, 0.717) is 135 Å². The van der Waals surface area contributed by atoms with Crippen molar-refractivity contribution < 1.29 is 37.7 Å². The average Bonchev–Trinajstić information content (AvgIpc) is 1.51. The molecule has 19 rings (SSSR count). The fourth-order valence-corrected chi connectivity index (χ4v) is 17.3. The summed E-state index contributed by atoms with van der Waals surface area (Å²) in [7, 11) is 3.81. The number of anilines is 4. The van der Waals surface area contributed by atoms with Crippen molar-refractivity contribution in [2.24, 2.45) is 5.92 Å². The molecule has 0 bridgehead atoms. The Morgan fingerprint density at radius 1 is 0.441 bits per heavy atom. The molecule has 0 atom stereocenters. The molecule has 3 amide bonds. The Morgan fingerprint density at radius 2 is 0.867 bits per heavy atom. The van der Waals surface area contributed by atoms with Gasteiger partial charge in [0, 0.05) is 107 Å². The molecule has 16 aromatic rings. The van der Waals surface area contributed by atoms with Gasteiger partial charge in [-0.05, 0) is 295 Å². The molecule has 27 nitrogen and oxygen atoms in total. The third-order valence-electron chi connectivity index (χ3n) is 24.9. The Morgan fingerprint density at radius 3 is 1.31 bits per heavy atom. The van der Waals surface area contributed by atoms with Crippen LogP contribution in [0.4, 0.5) is 26.6 Å². The molecule has 8 heterocycles. The van der Waals surface area contributed by atoms with Crippen molar-refractivity contribution in [2.45, 2.75) is 164 Å². The van der Waals surface area contributed by atoms with E-state index in [2.05, 4.69) is 95.9 Å². The van der Waals surface area contributed by atoms with Gasteiger partial charge in [-0.2, -0.15) is 15.3 Å². The Balaban J connectivity index is 0.000000137. The number of nitrogens with one attached hydrogen (secondary N) is 8. The van der Waals surface area contributed by atoms with Gasteiger partial charge in [0.1, 0.15) is 51.8 Å². The summed E-state index contributed by atoms with van der Waals surface area (Å²) in [6.07, 6.45) is 24.1. The number of benzene rings is 8. The van der Waals surface area contributed by atoms with E-state index in [-0.39, 0.29) is 22.2 Å². The summed E-state index contributed by atoms with van der Waals surface area (Å²) < 4.78 is 41.8. The largest absolute Gasteiger partial charge is 0.494 e. The van der Waals surface area contributed by atoms with Crippen LogP contribution in [0.1, 0.15) is 183 Å². The smallest absolute Gasteiger partial charge is 0.261 e. The van der Waals surface area contributed by atoms with E-state index in [9.17, 15) is 33.6 Å². The summed E-state index contributed by atoms with van der Waals surface area (Å²) in [5.74, 6) is 2.00. The van der Waals surface area contributed by atoms with Crippen LogP contribution in [0.3, 0.4) is 0 Å². The van der Waals surface area contributed by atoms with Gasteiger partial charge in [0.05, 0.1) is 60.0 Å². The minimum atomic E-state index is -0.471. The van der Waals surface area contributed by atoms with Gasteiger partial charge >= 0.3 is 0 Å². The second-order valence-corrected chi connectivity index (χ2v) is 37.4. The molecule has 0 spiro atoms. The average molecular weight is 1940 g/mol. The van der Waals surface area contributed by atoms with Crippen LogP contribution in [-0.2, 0) is 19.4 Å². The third kappa shape index (κ3) is 26.0. The van der Waals surface area contributed by atoms with Gasteiger partial charge in [0.25, 0.3) is 40.0 Å². The number of fused-ring (bicyclic) bond motifs is 1. The maximum Gasteiger partial charge on any atom is 0.261 e. The zero-order valence-corrected chi connectivity index (χ0v) is 82.8. The lowest BCUT2D eigenvalue weighted by molar-refractivity contribution is 0.101. The lowest BCUT2D eigenvalue weighted by atomic mass is 9.88. The zero-order valence-electron chi connectivity index (χ0n) is 82.0. The summed E-state index contributed by atoms with van der Waals surface area (Å²) in [4.78, 5) is 116. The van der Waals surface area contributed by atoms with Crippen molar-refractivity contribution in [3.8, 4) is 123 Å². The molecule has 8 N–H and O–H groups in total. The van der Waals surface area contributed by atoms with Gasteiger partial charge < -0.3 is 59.7 Å². The third-order valence-corrected chi connectivity index (χ3v) is 26.1. The number of thiazole rings is 1. The number of H-pyrrole nitrogens is 5. The monoisotopic (exact) mass is 1940 g/mol. The molecule has 0 aliphatic heterocycles. The second-order valence-electron chi connectivity index (χ2n) is 36.4. The normalized spacial score (nSPS) is 12.4. The van der Waals surface area contributed by atoms with Crippen LogP contribution in [0.15, 0.2) is 262 Å². The molecule has 143 heavy (non-hydrogen) atoms. The molecule has 2 saturated carbocycles. The Labute approximate surface area is 833 Å². The number of aromatic amines is 5. The van der Waals surface area contributed by atoms with Crippen LogP contribution in [0.5, 0.6) is 23.0 Å². The molecule has 8 aromatic carbocycles. The number of carbonyl (C=O) groups excluding carboxylic acids is 3. The van der Waals surface area contributed by atoms with Gasteiger partial charge in [-0.25, -0.2) is 14.4 Å². The molecule has 0 saturated heterocycles. The minimum absolute atomic E-state index is 0.0416. The van der Waals surface area contributed by atoms with E-state index in [4.69, 9.17) is 29.1 Å². The maximum absolute atomic E-state index is 15.1. The molecule has 3 aliphatic rings. The standard InChI is InChI=1S/C30H32N4O3.C29H30N4O3.C28H30N4O3S.C27H27FN4O2/c1-3-4-17-37-24-13-9-22(10-14-24)27-18-25(26-15-16-34(33-26)19-21-7-8-21)28(30(36)32-27)29(35)31-23-11-5-20(2)6-12-23;1-3-4-17-36-23-13-7-20(8-14-23)26-18-24(25-15-16-33(32-25)22-11-12-22)27(29(35)31-26)28(34)30-21-9-5-19(2)6-10-21;1-5-6-15-35-21-13-9-19(10-14-21)23-16-22(24-17-29-28(36-24)32(3)4)25(27(34)31-23)26(33)30-20-11-7-18(2)8-12-20;1-2-3-12-34-20-10-11-21(23(28)14-20)24-15-22(25(27(33)31-24)26-29-16-30-32-26)19-9-8-17-6-4-5-7-18(17)13-19/h5-6,9-16,18,21H,3-4,7-8,17,19H2,1-2H3,(H,31,35)(H,32,36);5-10,13-16,18,22H,3-4,11-12,17H2,1-2H3,(H,30,34)(H,31,35);7-14,16-17H,5-6,15H2,1-4H3,(H,30,33)(H,31,34);8-11,13-16H,2-7,12H2,1H3,(H,31,33)(H,29,30,32). The lowest BCUT2D eigenvalue weighted by Crippen LogP contribution is -2.25. The van der Waals surface area contributed by atoms with Crippen LogP contribution in [0.2, 0.25) is 0 Å². The van der Waals surface area contributed by atoms with Crippen molar-refractivity contribution in [1.29, 1.82) is 0 Å². The molecule has 29 heteroatoms. The predicted molar refractivity (Wildman–Crippen MR) is 565 cm³/mol. The number of ether oxygens (including phenoxy) is 4. The first-order valence-electron chi connectivity index (χ1n) is 49.1. The fourth-order valence-electron chi connectivity index (χ4n) is 16.4. The highest BCUT2D eigenvalue weighted by molar-refractivity contribution is 7.19. The number of unbranched alkanes of at least 4 members (excludes halogenated alkanes) is 4. The number of hydrogen-bond acceptors (Lipinski definition) is 18. The van der Waals surface area contributed by atoms with Crippen molar-refractivity contribution >= 4 is 51.3 Å². The lowest BCUT2D eigenvalue weighted by Gasteiger charge is -2.18. The van der Waals surface area contributed by atoms with Gasteiger partial charge in [-0.15, -0.1) is 0 Å². The molecule has 2 fully saturated rings. The van der Waals surface area contributed by atoms with Crippen LogP contribution >= 0.6 is 11.3 Å². The molecule has 8 aromatic heterocycles. The maximum atomic E-state index is 15.1. The van der Waals surface area contributed by atoms with Crippen LogP contribution in [-0.4, -0.2) is 118 Å². The highest BCUT2D eigenvalue weighted by atomic mass is 32.1. The molecule has 734 valence electrons. The SMILES string of the molecule is CCCCOc1ccc(-c2cc(-c3ccc4c(c3)CCCC4)c(-c3ncn[nH]3)c(=O)[nH]2)c(F)c1.CCCCOc1ccc(-c2cc(-c3ccn(C4CC4)n3)c(C(=O)Nc3ccc(C)cc3)c(=O)[nH]2)cc1.CCCCOc1ccc(-c2cc(-c3ccn(CC4CC4)n3)c(C(=O)Nc3ccc(C)cc3)c(=O)[nH]2)cc1.CCCCOc1ccc(-c2cc(-c3cnc(N(C)C)s3)c(C(=O)Nc3ccc(C)cc3)c(=O)[nH]2)cc1. The van der Waals surface area contributed by atoms with Crippen LogP contribution in [0, 0.1) is 32.5 Å². The highest BCUT2D eigenvalue weighted by Crippen LogP contribution is 2.41. The van der Waals surface area contributed by atoms with Crippen molar-refractivity contribution in [3.05, 3.63) is 335 Å². The first-order valence-corrected chi connectivity index (χ1v) is 49.9. The van der Waals surface area contributed by atoms with E-state index in [0.717, 1.165) is 156 Å². The number of rotatable bonds is 35. The number of amides is 3. The van der Waals surface area contributed by atoms with E-state index < -0.39 is 40.2 Å². The Bertz CT molecular complexity index is 7130. The van der Waals surface area contributed by atoms with Crippen LogP contribution in [0.25, 0.3) is 100 Å².